The SMILES string of the molecule is CC(C)=CCC/C(C)=C/C=N/NC(=O)COc1ccc(Br)c(C)c1. The summed E-state index contributed by atoms with van der Waals surface area (Å²) in [6, 6.07) is 5.58. The number of amides is 1. The standard InChI is InChI=1S/C19H25BrN2O2/c1-14(2)6-5-7-15(3)10-11-21-22-19(23)13-24-17-8-9-18(20)16(4)12-17/h6,8-12H,5,7,13H2,1-4H3,(H,22,23)/b15-10+,21-11+. The van der Waals surface area contributed by atoms with E-state index in [1.807, 2.05) is 38.1 Å². The lowest BCUT2D eigenvalue weighted by atomic mass is 10.1. The van der Waals surface area contributed by atoms with Crippen LogP contribution in [0.15, 0.2) is 51.1 Å². The molecule has 0 unspecified atom stereocenters. The quantitative estimate of drug-likeness (QED) is 0.387. The molecule has 130 valence electrons. The Kier molecular flexibility index (Phi) is 9.08. The fraction of sp³-hybridized carbons (Fsp3) is 0.368. The van der Waals surface area contributed by atoms with Crippen LogP contribution in [-0.2, 0) is 4.79 Å². The summed E-state index contributed by atoms with van der Waals surface area (Å²) in [6.07, 6.45) is 7.71. The molecule has 0 aliphatic carbocycles. The van der Waals surface area contributed by atoms with Crippen molar-refractivity contribution in [2.24, 2.45) is 5.10 Å². The zero-order valence-corrected chi connectivity index (χ0v) is 16.3. The van der Waals surface area contributed by atoms with Crippen LogP contribution < -0.4 is 10.2 Å². The van der Waals surface area contributed by atoms with E-state index in [4.69, 9.17) is 4.74 Å². The lowest BCUT2D eigenvalue weighted by Crippen LogP contribution is -2.24. The molecule has 1 amide bonds. The Morgan fingerprint density at radius 2 is 2.08 bits per heavy atom. The van der Waals surface area contributed by atoms with Gasteiger partial charge in [-0.15, -0.1) is 0 Å². The molecule has 5 heteroatoms. The molecule has 0 heterocycles. The van der Waals surface area contributed by atoms with E-state index in [9.17, 15) is 4.79 Å². The van der Waals surface area contributed by atoms with E-state index < -0.39 is 0 Å². The monoisotopic (exact) mass is 392 g/mol. The molecule has 0 saturated carbocycles. The molecule has 0 aliphatic heterocycles. The molecular formula is C19H25BrN2O2. The van der Waals surface area contributed by atoms with Gasteiger partial charge in [0.05, 0.1) is 0 Å². The van der Waals surface area contributed by atoms with Gasteiger partial charge >= 0.3 is 0 Å². The van der Waals surface area contributed by atoms with Crippen molar-refractivity contribution < 1.29 is 9.53 Å². The number of carbonyl (C=O) groups is 1. The van der Waals surface area contributed by atoms with Crippen LogP contribution in [-0.4, -0.2) is 18.7 Å². The lowest BCUT2D eigenvalue weighted by molar-refractivity contribution is -0.123. The van der Waals surface area contributed by atoms with Crippen molar-refractivity contribution in [3.8, 4) is 5.75 Å². The maximum absolute atomic E-state index is 11.7. The summed E-state index contributed by atoms with van der Waals surface area (Å²) >= 11 is 3.42. The summed E-state index contributed by atoms with van der Waals surface area (Å²) in [5, 5.41) is 3.89. The second kappa shape index (κ2) is 10.8. The maximum atomic E-state index is 11.7. The minimum absolute atomic E-state index is 0.0678. The highest BCUT2D eigenvalue weighted by molar-refractivity contribution is 9.10. The largest absolute Gasteiger partial charge is 0.484 e. The number of nitrogens with zero attached hydrogens (tertiary/aromatic N) is 1. The predicted octanol–water partition coefficient (Wildman–Crippen LogP) is 4.93. The van der Waals surface area contributed by atoms with Crippen LogP contribution in [0.5, 0.6) is 5.75 Å². The van der Waals surface area contributed by atoms with Crippen molar-refractivity contribution in [2.45, 2.75) is 40.5 Å². The maximum Gasteiger partial charge on any atom is 0.277 e. The van der Waals surface area contributed by atoms with Gasteiger partial charge in [-0.2, -0.15) is 5.10 Å². The third kappa shape index (κ3) is 8.67. The molecule has 0 aromatic heterocycles. The van der Waals surface area contributed by atoms with Crippen LogP contribution in [0, 0.1) is 6.92 Å². The number of rotatable bonds is 8. The Labute approximate surface area is 152 Å². The average molecular weight is 393 g/mol. The van der Waals surface area contributed by atoms with Gasteiger partial charge in [0.1, 0.15) is 5.75 Å². The molecule has 0 spiro atoms. The molecule has 0 atom stereocenters. The first-order chi connectivity index (χ1) is 11.4. The van der Waals surface area contributed by atoms with E-state index in [2.05, 4.69) is 46.4 Å². The Morgan fingerprint density at radius 3 is 2.75 bits per heavy atom. The lowest BCUT2D eigenvalue weighted by Gasteiger charge is -2.06. The van der Waals surface area contributed by atoms with Crippen molar-refractivity contribution in [1.29, 1.82) is 0 Å². The van der Waals surface area contributed by atoms with Crippen LogP contribution >= 0.6 is 15.9 Å². The number of hydrogen-bond acceptors (Lipinski definition) is 3. The van der Waals surface area contributed by atoms with Crippen molar-refractivity contribution in [2.75, 3.05) is 6.61 Å². The van der Waals surface area contributed by atoms with Gasteiger partial charge in [-0.1, -0.05) is 33.2 Å². The minimum Gasteiger partial charge on any atom is -0.484 e. The summed E-state index contributed by atoms with van der Waals surface area (Å²) < 4.78 is 6.44. The number of ether oxygens (including phenoxy) is 1. The average Bonchev–Trinajstić information content (AvgIpc) is 2.52. The number of aryl methyl sites for hydroxylation is 1. The van der Waals surface area contributed by atoms with Crippen molar-refractivity contribution in [3.63, 3.8) is 0 Å². The van der Waals surface area contributed by atoms with Crippen molar-refractivity contribution in [1.82, 2.24) is 5.43 Å². The number of benzene rings is 1. The van der Waals surface area contributed by atoms with Gasteiger partial charge in [0.15, 0.2) is 6.61 Å². The number of halogens is 1. The van der Waals surface area contributed by atoms with E-state index in [0.29, 0.717) is 5.75 Å². The molecule has 0 saturated heterocycles. The van der Waals surface area contributed by atoms with Gasteiger partial charge in [0.25, 0.3) is 5.91 Å². The third-order valence-electron chi connectivity index (χ3n) is 3.21. The molecule has 1 N–H and O–H groups in total. The Bertz CT molecular complexity index is 645. The summed E-state index contributed by atoms with van der Waals surface area (Å²) in [5.41, 5.74) is 6.04. The first-order valence-corrected chi connectivity index (χ1v) is 8.67. The van der Waals surface area contributed by atoms with Crippen LogP contribution in [0.25, 0.3) is 0 Å². The first kappa shape index (κ1) is 20.2. The van der Waals surface area contributed by atoms with E-state index >= 15 is 0 Å². The molecule has 4 nitrogen and oxygen atoms in total. The summed E-state index contributed by atoms with van der Waals surface area (Å²) in [7, 11) is 0. The van der Waals surface area contributed by atoms with Gasteiger partial charge in [-0.3, -0.25) is 4.79 Å². The molecule has 1 aromatic carbocycles. The van der Waals surface area contributed by atoms with Crippen LogP contribution in [0.2, 0.25) is 0 Å². The zero-order chi connectivity index (χ0) is 17.9. The Morgan fingerprint density at radius 1 is 1.33 bits per heavy atom. The number of hydrazone groups is 1. The second-order valence-corrected chi connectivity index (χ2v) is 6.70. The highest BCUT2D eigenvalue weighted by Crippen LogP contribution is 2.21. The van der Waals surface area contributed by atoms with E-state index in [0.717, 1.165) is 22.9 Å². The molecule has 0 fully saturated rings. The highest BCUT2D eigenvalue weighted by atomic mass is 79.9. The van der Waals surface area contributed by atoms with Crippen molar-refractivity contribution >= 4 is 28.1 Å². The highest BCUT2D eigenvalue weighted by Gasteiger charge is 2.02. The van der Waals surface area contributed by atoms with Gasteiger partial charge in [0, 0.05) is 10.7 Å². The first-order valence-electron chi connectivity index (χ1n) is 7.88. The fourth-order valence-electron chi connectivity index (χ4n) is 1.83. The van der Waals surface area contributed by atoms with Gasteiger partial charge < -0.3 is 4.74 Å². The molecule has 1 aromatic rings. The second-order valence-electron chi connectivity index (χ2n) is 5.85. The zero-order valence-electron chi connectivity index (χ0n) is 14.7. The summed E-state index contributed by atoms with van der Waals surface area (Å²) in [5.74, 6) is 0.368. The van der Waals surface area contributed by atoms with Gasteiger partial charge in [0.2, 0.25) is 0 Å². The molecule has 0 bridgehead atoms. The molecule has 24 heavy (non-hydrogen) atoms. The fourth-order valence-corrected chi connectivity index (χ4v) is 2.08. The topological polar surface area (TPSA) is 50.7 Å². The van der Waals surface area contributed by atoms with Crippen LogP contribution in [0.1, 0.15) is 39.2 Å². The number of nitrogens with one attached hydrogen (secondary N) is 1. The Hall–Kier alpha value is -1.88. The van der Waals surface area contributed by atoms with E-state index in [-0.39, 0.29) is 12.5 Å². The molecule has 0 aliphatic rings. The van der Waals surface area contributed by atoms with Gasteiger partial charge in [-0.25, -0.2) is 5.43 Å². The normalized spacial score (nSPS) is 11.5. The van der Waals surface area contributed by atoms with Crippen molar-refractivity contribution in [3.05, 3.63) is 51.5 Å². The number of hydrogen-bond donors (Lipinski definition) is 1. The summed E-state index contributed by atoms with van der Waals surface area (Å²) in [6.45, 7) is 8.13. The van der Waals surface area contributed by atoms with Crippen LogP contribution in [0.4, 0.5) is 0 Å². The van der Waals surface area contributed by atoms with Crippen LogP contribution in [0.3, 0.4) is 0 Å². The number of carbonyl (C=O) groups excluding carboxylic acids is 1. The van der Waals surface area contributed by atoms with E-state index in [1.165, 1.54) is 11.1 Å². The smallest absolute Gasteiger partial charge is 0.277 e. The number of allylic oxidation sites excluding steroid dienone is 4. The minimum atomic E-state index is -0.289. The summed E-state index contributed by atoms with van der Waals surface area (Å²) in [4.78, 5) is 11.7. The van der Waals surface area contributed by atoms with Gasteiger partial charge in [-0.05, 0) is 70.4 Å². The van der Waals surface area contributed by atoms with E-state index in [1.54, 1.807) is 6.21 Å². The molecule has 0 radical (unpaired) electrons. The molecular weight excluding hydrogens is 368 g/mol. The predicted molar refractivity (Wildman–Crippen MR) is 103 cm³/mol. The third-order valence-corrected chi connectivity index (χ3v) is 4.10. The Balaban J connectivity index is 2.32. The molecule has 1 rings (SSSR count).